The molecule has 2 rings (SSSR count). The summed E-state index contributed by atoms with van der Waals surface area (Å²) in [6.45, 7) is 12.0. The molecule has 5 heteroatoms. The molecular weight excluding hydrogens is 304 g/mol. The Kier molecular flexibility index (Phi) is 5.82. The van der Waals surface area contributed by atoms with Crippen LogP contribution in [0.2, 0.25) is 19.6 Å². The number of rotatable bonds is 8. The standard InChI is InChI=1S/C18H26N2O2Si/c1-15(22-23(2,3)4)18-17(12-19)10-11-20(18)14-21-13-16-8-6-5-7-9-16/h5-11H,1,12-14,19H2,2-4H3. The van der Waals surface area contributed by atoms with Gasteiger partial charge in [0.15, 0.2) is 0 Å². The van der Waals surface area contributed by atoms with E-state index in [4.69, 9.17) is 14.9 Å². The Morgan fingerprint density at radius 3 is 2.48 bits per heavy atom. The van der Waals surface area contributed by atoms with E-state index in [1.54, 1.807) is 0 Å². The average Bonchev–Trinajstić information content (AvgIpc) is 2.90. The van der Waals surface area contributed by atoms with Crippen molar-refractivity contribution < 1.29 is 9.16 Å². The van der Waals surface area contributed by atoms with Crippen molar-refractivity contribution in [3.63, 3.8) is 0 Å². The number of benzene rings is 1. The average molecular weight is 331 g/mol. The summed E-state index contributed by atoms with van der Waals surface area (Å²) in [6, 6.07) is 12.1. The molecule has 4 nitrogen and oxygen atoms in total. The summed E-state index contributed by atoms with van der Waals surface area (Å²) in [5.41, 5.74) is 8.95. The highest BCUT2D eigenvalue weighted by atomic mass is 28.4. The van der Waals surface area contributed by atoms with E-state index in [1.807, 2.05) is 35.0 Å². The first kappa shape index (κ1) is 17.5. The number of nitrogens with two attached hydrogens (primary N) is 1. The summed E-state index contributed by atoms with van der Waals surface area (Å²) < 4.78 is 13.9. The van der Waals surface area contributed by atoms with Gasteiger partial charge in [-0.15, -0.1) is 0 Å². The number of nitrogens with zero attached hydrogens (tertiary/aromatic N) is 1. The molecule has 2 N–H and O–H groups in total. The fourth-order valence-electron chi connectivity index (χ4n) is 2.38. The minimum absolute atomic E-state index is 0.443. The van der Waals surface area contributed by atoms with Gasteiger partial charge in [-0.1, -0.05) is 36.9 Å². The van der Waals surface area contributed by atoms with E-state index in [1.165, 1.54) is 0 Å². The van der Waals surface area contributed by atoms with Gasteiger partial charge in [0.05, 0.1) is 12.3 Å². The summed E-state index contributed by atoms with van der Waals surface area (Å²) in [7, 11) is -1.71. The van der Waals surface area contributed by atoms with Crippen LogP contribution in [-0.4, -0.2) is 12.9 Å². The molecule has 1 aromatic carbocycles. The molecule has 124 valence electrons. The van der Waals surface area contributed by atoms with E-state index < -0.39 is 8.32 Å². The molecule has 1 heterocycles. The number of aromatic nitrogens is 1. The normalized spacial score (nSPS) is 11.5. The highest BCUT2D eigenvalue weighted by Gasteiger charge is 2.21. The van der Waals surface area contributed by atoms with Gasteiger partial charge < -0.3 is 19.5 Å². The molecule has 0 saturated heterocycles. The molecule has 0 fully saturated rings. The van der Waals surface area contributed by atoms with Crippen LogP contribution in [0.25, 0.3) is 5.76 Å². The zero-order valence-electron chi connectivity index (χ0n) is 14.2. The lowest BCUT2D eigenvalue weighted by atomic mass is 10.2. The van der Waals surface area contributed by atoms with Gasteiger partial charge in [0.25, 0.3) is 0 Å². The molecule has 0 bridgehead atoms. The van der Waals surface area contributed by atoms with Crippen molar-refractivity contribution in [3.8, 4) is 0 Å². The predicted octanol–water partition coefficient (Wildman–Crippen LogP) is 3.94. The maximum absolute atomic E-state index is 6.04. The quantitative estimate of drug-likeness (QED) is 0.589. The second kappa shape index (κ2) is 7.63. The largest absolute Gasteiger partial charge is 0.543 e. The molecule has 1 aromatic heterocycles. The fourth-order valence-corrected chi connectivity index (χ4v) is 3.22. The van der Waals surface area contributed by atoms with Gasteiger partial charge in [-0.2, -0.15) is 0 Å². The molecule has 0 radical (unpaired) electrons. The Bertz CT molecular complexity index is 645. The fraction of sp³-hybridized carbons (Fsp3) is 0.333. The van der Waals surface area contributed by atoms with E-state index in [-0.39, 0.29) is 0 Å². The Labute approximate surface area is 139 Å². The highest BCUT2D eigenvalue weighted by Crippen LogP contribution is 2.24. The highest BCUT2D eigenvalue weighted by molar-refractivity contribution is 6.70. The topological polar surface area (TPSA) is 49.4 Å². The van der Waals surface area contributed by atoms with E-state index in [9.17, 15) is 0 Å². The number of ether oxygens (including phenoxy) is 1. The molecule has 23 heavy (non-hydrogen) atoms. The monoisotopic (exact) mass is 330 g/mol. The second-order valence-electron chi connectivity index (χ2n) is 6.46. The second-order valence-corrected chi connectivity index (χ2v) is 10.9. The molecular formula is C18H26N2O2Si. The van der Waals surface area contributed by atoms with Crippen LogP contribution in [0, 0.1) is 0 Å². The maximum atomic E-state index is 6.04. The Balaban J connectivity index is 2.07. The van der Waals surface area contributed by atoms with Crippen LogP contribution >= 0.6 is 0 Å². The van der Waals surface area contributed by atoms with E-state index in [0.717, 1.165) is 16.8 Å². The molecule has 0 saturated carbocycles. The summed E-state index contributed by atoms with van der Waals surface area (Å²) in [5, 5.41) is 0. The van der Waals surface area contributed by atoms with Crippen LogP contribution < -0.4 is 5.73 Å². The zero-order valence-corrected chi connectivity index (χ0v) is 15.2. The lowest BCUT2D eigenvalue weighted by Crippen LogP contribution is -2.25. The Morgan fingerprint density at radius 1 is 1.17 bits per heavy atom. The SMILES string of the molecule is C=C(O[Si](C)(C)C)c1c(CN)ccn1COCc1ccccc1. The summed E-state index contributed by atoms with van der Waals surface area (Å²) in [4.78, 5) is 0. The first-order valence-electron chi connectivity index (χ1n) is 7.79. The minimum Gasteiger partial charge on any atom is -0.543 e. The van der Waals surface area contributed by atoms with E-state index in [2.05, 4.69) is 38.4 Å². The summed E-state index contributed by atoms with van der Waals surface area (Å²) >= 11 is 0. The smallest absolute Gasteiger partial charge is 0.242 e. The Hall–Kier alpha value is -1.82. The number of hydrogen-bond donors (Lipinski definition) is 1. The van der Waals surface area contributed by atoms with Crippen LogP contribution in [0.3, 0.4) is 0 Å². The van der Waals surface area contributed by atoms with Crippen LogP contribution in [0.1, 0.15) is 16.8 Å². The van der Waals surface area contributed by atoms with Crippen LogP contribution in [0.4, 0.5) is 0 Å². The third-order valence-electron chi connectivity index (χ3n) is 3.30. The first-order valence-corrected chi connectivity index (χ1v) is 11.2. The van der Waals surface area contributed by atoms with Gasteiger partial charge in [0.2, 0.25) is 8.32 Å². The lowest BCUT2D eigenvalue weighted by molar-refractivity contribution is 0.0633. The van der Waals surface area contributed by atoms with Crippen molar-refractivity contribution in [2.75, 3.05) is 0 Å². The molecule has 0 amide bonds. The van der Waals surface area contributed by atoms with Crippen molar-refractivity contribution in [2.24, 2.45) is 5.73 Å². The molecule has 0 spiro atoms. The maximum Gasteiger partial charge on any atom is 0.242 e. The van der Waals surface area contributed by atoms with Crippen LogP contribution in [0.5, 0.6) is 0 Å². The van der Waals surface area contributed by atoms with E-state index in [0.29, 0.717) is 25.6 Å². The third kappa shape index (κ3) is 5.09. The molecule has 0 unspecified atom stereocenters. The first-order chi connectivity index (χ1) is 10.9. The van der Waals surface area contributed by atoms with Gasteiger partial charge in [-0.05, 0) is 36.8 Å². The Morgan fingerprint density at radius 2 is 1.87 bits per heavy atom. The van der Waals surface area contributed by atoms with Gasteiger partial charge in [-0.3, -0.25) is 0 Å². The lowest BCUT2D eigenvalue weighted by Gasteiger charge is -2.23. The predicted molar refractivity (Wildman–Crippen MR) is 97.0 cm³/mol. The van der Waals surface area contributed by atoms with Crippen LogP contribution in [-0.2, 0) is 29.0 Å². The zero-order chi connectivity index (χ0) is 16.9. The van der Waals surface area contributed by atoms with Crippen LogP contribution in [0.15, 0.2) is 49.2 Å². The number of hydrogen-bond acceptors (Lipinski definition) is 3. The molecule has 2 aromatic rings. The van der Waals surface area contributed by atoms with E-state index >= 15 is 0 Å². The van der Waals surface area contributed by atoms with Crippen molar-refractivity contribution in [3.05, 3.63) is 66.0 Å². The molecule has 0 atom stereocenters. The van der Waals surface area contributed by atoms with Gasteiger partial charge in [0.1, 0.15) is 12.5 Å². The van der Waals surface area contributed by atoms with Crippen molar-refractivity contribution >= 4 is 14.1 Å². The van der Waals surface area contributed by atoms with Gasteiger partial charge in [0, 0.05) is 12.7 Å². The van der Waals surface area contributed by atoms with Gasteiger partial charge in [-0.25, -0.2) is 0 Å². The van der Waals surface area contributed by atoms with Gasteiger partial charge >= 0.3 is 0 Å². The molecule has 0 aliphatic carbocycles. The third-order valence-corrected chi connectivity index (χ3v) is 4.16. The summed E-state index contributed by atoms with van der Waals surface area (Å²) in [5.74, 6) is 0.679. The van der Waals surface area contributed by atoms with Crippen molar-refractivity contribution in [1.82, 2.24) is 4.57 Å². The summed E-state index contributed by atoms with van der Waals surface area (Å²) in [6.07, 6.45) is 1.97. The minimum atomic E-state index is -1.71. The molecule has 0 aliphatic heterocycles. The van der Waals surface area contributed by atoms with Crippen molar-refractivity contribution in [1.29, 1.82) is 0 Å². The molecule has 0 aliphatic rings. The van der Waals surface area contributed by atoms with Crippen molar-refractivity contribution in [2.45, 2.75) is 39.5 Å².